The zero-order valence-corrected chi connectivity index (χ0v) is 13.5. The SMILES string of the molecule is CCS(=O)(=O)CCn1c(C)c(S(N)(=O)=O)c2ccccc21. The number of rotatable bonds is 5. The predicted molar refractivity (Wildman–Crippen MR) is 82.4 cm³/mol. The zero-order chi connectivity index (χ0) is 15.8. The van der Waals surface area contributed by atoms with Gasteiger partial charge in [0.1, 0.15) is 4.90 Å². The van der Waals surface area contributed by atoms with Crippen molar-refractivity contribution in [3.8, 4) is 0 Å². The van der Waals surface area contributed by atoms with Crippen molar-refractivity contribution in [1.29, 1.82) is 0 Å². The van der Waals surface area contributed by atoms with E-state index in [1.54, 1.807) is 42.7 Å². The molecular formula is C13H18N2O4S2. The van der Waals surface area contributed by atoms with Gasteiger partial charge in [-0.1, -0.05) is 25.1 Å². The van der Waals surface area contributed by atoms with E-state index in [-0.39, 0.29) is 22.9 Å². The van der Waals surface area contributed by atoms with Crippen LogP contribution < -0.4 is 5.14 Å². The summed E-state index contributed by atoms with van der Waals surface area (Å²) >= 11 is 0. The number of fused-ring (bicyclic) bond motifs is 1. The molecule has 0 aliphatic carbocycles. The minimum atomic E-state index is -3.87. The fourth-order valence-electron chi connectivity index (χ4n) is 2.42. The van der Waals surface area contributed by atoms with Crippen molar-refractivity contribution in [2.45, 2.75) is 25.3 Å². The summed E-state index contributed by atoms with van der Waals surface area (Å²) in [6.45, 7) is 3.43. The Morgan fingerprint density at radius 3 is 2.33 bits per heavy atom. The maximum Gasteiger partial charge on any atom is 0.240 e. The van der Waals surface area contributed by atoms with Gasteiger partial charge in [0.25, 0.3) is 0 Å². The van der Waals surface area contributed by atoms with Crippen LogP contribution in [0.1, 0.15) is 12.6 Å². The number of sulfone groups is 1. The Balaban J connectivity index is 2.63. The van der Waals surface area contributed by atoms with E-state index in [0.717, 1.165) is 0 Å². The van der Waals surface area contributed by atoms with Gasteiger partial charge in [-0.05, 0) is 13.0 Å². The normalized spacial score (nSPS) is 12.9. The summed E-state index contributed by atoms with van der Waals surface area (Å²) in [5.74, 6) is 0.0281. The number of hydrogen-bond acceptors (Lipinski definition) is 4. The van der Waals surface area contributed by atoms with Crippen LogP contribution in [-0.2, 0) is 26.4 Å². The highest BCUT2D eigenvalue weighted by molar-refractivity contribution is 7.91. The average Bonchev–Trinajstić information content (AvgIpc) is 2.68. The number of nitrogens with zero attached hydrogens (tertiary/aromatic N) is 1. The van der Waals surface area contributed by atoms with E-state index < -0.39 is 19.9 Å². The minimum Gasteiger partial charge on any atom is -0.342 e. The average molecular weight is 330 g/mol. The lowest BCUT2D eigenvalue weighted by atomic mass is 10.2. The third-order valence-electron chi connectivity index (χ3n) is 3.52. The van der Waals surface area contributed by atoms with E-state index in [0.29, 0.717) is 16.6 Å². The van der Waals surface area contributed by atoms with Crippen LogP contribution in [0.4, 0.5) is 0 Å². The summed E-state index contributed by atoms with van der Waals surface area (Å²) in [7, 11) is -7.00. The van der Waals surface area contributed by atoms with Crippen LogP contribution in [-0.4, -0.2) is 32.9 Å². The van der Waals surface area contributed by atoms with Crippen LogP contribution in [0.15, 0.2) is 29.2 Å². The number of hydrogen-bond donors (Lipinski definition) is 1. The minimum absolute atomic E-state index is 0.0346. The standard InChI is InChI=1S/C13H18N2O4S2/c1-3-20(16,17)9-8-15-10(2)13(21(14,18)19)11-6-4-5-7-12(11)15/h4-7H,3,8-9H2,1-2H3,(H2,14,18,19). The van der Waals surface area contributed by atoms with Crippen LogP contribution >= 0.6 is 0 Å². The lowest BCUT2D eigenvalue weighted by Crippen LogP contribution is -2.17. The van der Waals surface area contributed by atoms with Gasteiger partial charge in [-0.25, -0.2) is 22.0 Å². The molecule has 2 N–H and O–H groups in total. The van der Waals surface area contributed by atoms with Crippen LogP contribution in [0.25, 0.3) is 10.9 Å². The molecule has 6 nitrogen and oxygen atoms in total. The number of sulfonamides is 1. The molecule has 0 bridgehead atoms. The number of primary sulfonamides is 1. The monoisotopic (exact) mass is 330 g/mol. The summed E-state index contributed by atoms with van der Waals surface area (Å²) in [5, 5.41) is 5.81. The highest BCUT2D eigenvalue weighted by Crippen LogP contribution is 2.28. The van der Waals surface area contributed by atoms with E-state index in [2.05, 4.69) is 0 Å². The Morgan fingerprint density at radius 1 is 1.14 bits per heavy atom. The molecule has 0 amide bonds. The molecule has 0 atom stereocenters. The van der Waals surface area contributed by atoms with E-state index in [1.807, 2.05) is 0 Å². The molecule has 8 heteroatoms. The van der Waals surface area contributed by atoms with Gasteiger partial charge >= 0.3 is 0 Å². The summed E-state index contributed by atoms with van der Waals surface area (Å²) in [6, 6.07) is 6.94. The second-order valence-electron chi connectivity index (χ2n) is 4.86. The first-order chi connectivity index (χ1) is 9.67. The van der Waals surface area contributed by atoms with Crippen molar-refractivity contribution in [1.82, 2.24) is 4.57 Å². The topological polar surface area (TPSA) is 99.2 Å². The molecule has 2 rings (SSSR count). The van der Waals surface area contributed by atoms with Crippen molar-refractivity contribution in [3.63, 3.8) is 0 Å². The van der Waals surface area contributed by atoms with Gasteiger partial charge in [-0.2, -0.15) is 0 Å². The van der Waals surface area contributed by atoms with Gasteiger partial charge in [-0.15, -0.1) is 0 Å². The van der Waals surface area contributed by atoms with E-state index in [9.17, 15) is 16.8 Å². The second kappa shape index (κ2) is 5.43. The van der Waals surface area contributed by atoms with Crippen LogP contribution in [0, 0.1) is 6.92 Å². The van der Waals surface area contributed by atoms with Gasteiger partial charge in [0, 0.05) is 28.9 Å². The van der Waals surface area contributed by atoms with Crippen molar-refractivity contribution in [3.05, 3.63) is 30.0 Å². The van der Waals surface area contributed by atoms with Crippen molar-refractivity contribution in [2.24, 2.45) is 5.14 Å². The number of nitrogens with two attached hydrogens (primary N) is 1. The third kappa shape index (κ3) is 3.12. The molecule has 1 heterocycles. The first-order valence-electron chi connectivity index (χ1n) is 6.48. The van der Waals surface area contributed by atoms with Crippen LogP contribution in [0.2, 0.25) is 0 Å². The summed E-state index contributed by atoms with van der Waals surface area (Å²) in [6.07, 6.45) is 0. The van der Waals surface area contributed by atoms with E-state index in [4.69, 9.17) is 5.14 Å². The Kier molecular flexibility index (Phi) is 4.14. The maximum atomic E-state index is 11.8. The third-order valence-corrected chi connectivity index (χ3v) is 6.29. The molecule has 0 saturated carbocycles. The van der Waals surface area contributed by atoms with E-state index in [1.165, 1.54) is 0 Å². The van der Waals surface area contributed by atoms with E-state index >= 15 is 0 Å². The summed E-state index contributed by atoms with van der Waals surface area (Å²) < 4.78 is 48.6. The molecule has 0 aliphatic heterocycles. The lowest BCUT2D eigenvalue weighted by molar-refractivity contribution is 0.590. The highest BCUT2D eigenvalue weighted by Gasteiger charge is 2.22. The van der Waals surface area contributed by atoms with Gasteiger partial charge in [0.15, 0.2) is 9.84 Å². The molecule has 21 heavy (non-hydrogen) atoms. The molecule has 0 aliphatic rings. The number of aromatic nitrogens is 1. The number of aryl methyl sites for hydroxylation is 1. The van der Waals surface area contributed by atoms with Crippen LogP contribution in [0.3, 0.4) is 0 Å². The molecule has 0 radical (unpaired) electrons. The smallest absolute Gasteiger partial charge is 0.240 e. The molecule has 0 spiro atoms. The molecular weight excluding hydrogens is 312 g/mol. The van der Waals surface area contributed by atoms with Crippen molar-refractivity contribution < 1.29 is 16.8 Å². The second-order valence-corrected chi connectivity index (χ2v) is 8.84. The Hall–Kier alpha value is -1.38. The van der Waals surface area contributed by atoms with Crippen LogP contribution in [0.5, 0.6) is 0 Å². The van der Waals surface area contributed by atoms with Gasteiger partial charge in [0.05, 0.1) is 5.75 Å². The summed E-state index contributed by atoms with van der Waals surface area (Å²) in [4.78, 5) is 0.0620. The molecule has 1 aromatic heterocycles. The molecule has 1 aromatic carbocycles. The largest absolute Gasteiger partial charge is 0.342 e. The van der Waals surface area contributed by atoms with Gasteiger partial charge in [-0.3, -0.25) is 0 Å². The number of para-hydroxylation sites is 1. The quantitative estimate of drug-likeness (QED) is 0.885. The first-order valence-corrected chi connectivity index (χ1v) is 9.85. The van der Waals surface area contributed by atoms with Gasteiger partial charge < -0.3 is 4.57 Å². The number of benzene rings is 1. The lowest BCUT2D eigenvalue weighted by Gasteiger charge is -2.08. The van der Waals surface area contributed by atoms with Gasteiger partial charge in [0.2, 0.25) is 10.0 Å². The Morgan fingerprint density at radius 2 is 1.76 bits per heavy atom. The van der Waals surface area contributed by atoms with Crippen molar-refractivity contribution >= 4 is 30.8 Å². The molecule has 0 saturated heterocycles. The fourth-order valence-corrected chi connectivity index (χ4v) is 4.17. The predicted octanol–water partition coefficient (Wildman–Crippen LogP) is 1.03. The molecule has 2 aromatic rings. The highest BCUT2D eigenvalue weighted by atomic mass is 32.2. The van der Waals surface area contributed by atoms with Crippen molar-refractivity contribution in [2.75, 3.05) is 11.5 Å². The zero-order valence-electron chi connectivity index (χ0n) is 11.9. The molecule has 116 valence electrons. The Bertz CT molecular complexity index is 880. The first kappa shape index (κ1) is 16.0. The molecule has 0 unspecified atom stereocenters. The summed E-state index contributed by atoms with van der Waals surface area (Å²) in [5.41, 5.74) is 1.13. The maximum absolute atomic E-state index is 11.8. The molecule has 0 fully saturated rings. The Labute approximate surface area is 124 Å². The fraction of sp³-hybridized carbons (Fsp3) is 0.385.